The lowest BCUT2D eigenvalue weighted by atomic mass is 9.71. The Balaban J connectivity index is 2.40. The molecule has 132 valence electrons. The molecule has 0 spiro atoms. The molecule has 0 aromatic carbocycles. The van der Waals surface area contributed by atoms with Crippen LogP contribution in [0.3, 0.4) is 0 Å². The van der Waals surface area contributed by atoms with Crippen molar-refractivity contribution >= 4 is 19.0 Å². The van der Waals surface area contributed by atoms with Crippen LogP contribution >= 0.6 is 0 Å². The molecule has 23 heavy (non-hydrogen) atoms. The van der Waals surface area contributed by atoms with E-state index in [0.717, 1.165) is 19.3 Å². The van der Waals surface area contributed by atoms with Gasteiger partial charge in [-0.05, 0) is 26.2 Å². The van der Waals surface area contributed by atoms with Crippen molar-refractivity contribution in [3.8, 4) is 0 Å². The predicted octanol–water partition coefficient (Wildman–Crippen LogP) is 0.387. The second-order valence-electron chi connectivity index (χ2n) is 6.23. The molecule has 0 saturated carbocycles. The van der Waals surface area contributed by atoms with Crippen molar-refractivity contribution in [2.45, 2.75) is 70.5 Å². The van der Waals surface area contributed by atoms with E-state index >= 15 is 0 Å². The molecule has 1 unspecified atom stereocenters. The predicted molar refractivity (Wildman–Crippen MR) is 87.3 cm³/mol. The average Bonchev–Trinajstić information content (AvgIpc) is 2.53. The minimum absolute atomic E-state index is 0.163. The summed E-state index contributed by atoms with van der Waals surface area (Å²) in [5, 5.41) is 12.8. The molecule has 7 nitrogen and oxygen atoms in total. The van der Waals surface area contributed by atoms with Crippen LogP contribution in [-0.4, -0.2) is 49.2 Å². The van der Waals surface area contributed by atoms with Crippen LogP contribution in [0.2, 0.25) is 0 Å². The molecule has 1 aliphatic rings. The zero-order valence-electron chi connectivity index (χ0n) is 14.3. The molecular weight excluding hydrogens is 299 g/mol. The summed E-state index contributed by atoms with van der Waals surface area (Å²) in [7, 11) is 0.194. The Morgan fingerprint density at radius 1 is 1.48 bits per heavy atom. The lowest BCUT2D eigenvalue weighted by molar-refractivity contribution is -0.148. The maximum Gasteiger partial charge on any atom is 0.478 e. The fourth-order valence-corrected chi connectivity index (χ4v) is 2.75. The third-order valence-corrected chi connectivity index (χ3v) is 4.27. The number of hydrogen-bond acceptors (Lipinski definition) is 6. The zero-order chi connectivity index (χ0) is 17.4. The Labute approximate surface area is 138 Å². The highest BCUT2D eigenvalue weighted by atomic mass is 16.5. The van der Waals surface area contributed by atoms with E-state index < -0.39 is 25.1 Å². The highest BCUT2D eigenvalue weighted by Crippen LogP contribution is 2.23. The van der Waals surface area contributed by atoms with E-state index in [4.69, 9.17) is 10.4 Å². The molecule has 0 bridgehead atoms. The van der Waals surface area contributed by atoms with Crippen LogP contribution in [0.5, 0.6) is 0 Å². The Kier molecular flexibility index (Phi) is 8.58. The number of carbonyl (C=O) groups excluding carboxylic acids is 2. The van der Waals surface area contributed by atoms with Gasteiger partial charge in [0.05, 0.1) is 25.1 Å². The van der Waals surface area contributed by atoms with Gasteiger partial charge in [-0.15, -0.1) is 0 Å². The van der Waals surface area contributed by atoms with Gasteiger partial charge in [-0.2, -0.15) is 0 Å². The fraction of sp³-hybridized carbons (Fsp3) is 0.867. The molecule has 0 aromatic rings. The monoisotopic (exact) mass is 328 g/mol. The van der Waals surface area contributed by atoms with Crippen molar-refractivity contribution in [1.82, 2.24) is 5.32 Å². The summed E-state index contributed by atoms with van der Waals surface area (Å²) in [6, 6.07) is -0.163. The Morgan fingerprint density at radius 3 is 2.74 bits per heavy atom. The second kappa shape index (κ2) is 9.90. The quantitative estimate of drug-likeness (QED) is 0.439. The van der Waals surface area contributed by atoms with Crippen molar-refractivity contribution in [3.63, 3.8) is 0 Å². The number of ether oxygens (including phenoxy) is 1. The van der Waals surface area contributed by atoms with Gasteiger partial charge in [-0.25, -0.2) is 0 Å². The maximum atomic E-state index is 12.0. The Morgan fingerprint density at radius 2 is 2.17 bits per heavy atom. The summed E-state index contributed by atoms with van der Waals surface area (Å²) in [5.41, 5.74) is 5.90. The van der Waals surface area contributed by atoms with Crippen LogP contribution in [0.25, 0.3) is 0 Å². The van der Waals surface area contributed by atoms with Gasteiger partial charge in [0.1, 0.15) is 0 Å². The Bertz CT molecular complexity index is 396. The molecule has 4 atom stereocenters. The van der Waals surface area contributed by atoms with E-state index in [9.17, 15) is 14.6 Å². The van der Waals surface area contributed by atoms with Gasteiger partial charge in [0.25, 0.3) is 0 Å². The number of carbonyl (C=O) groups is 2. The first-order valence-electron chi connectivity index (χ1n) is 8.35. The number of esters is 1. The SMILES string of the molecule is CCCCC(N)CC(=O)N[C@H]1CC[C@@H]([C@H](C)C(=O)OC)OB1O. The first-order valence-corrected chi connectivity index (χ1v) is 8.35. The van der Waals surface area contributed by atoms with Crippen molar-refractivity contribution in [1.29, 1.82) is 0 Å². The van der Waals surface area contributed by atoms with E-state index in [1.54, 1.807) is 6.92 Å². The molecule has 1 fully saturated rings. The standard InChI is InChI=1S/C15H29BN2O5/c1-4-5-6-11(17)9-14(19)18-13-8-7-12(23-16(13)21)10(2)15(20)22-3/h10-13,21H,4-9,17H2,1-3H3,(H,18,19)/t10-,11?,12-,13-/m0/s1. The third kappa shape index (κ3) is 6.49. The fourth-order valence-electron chi connectivity index (χ4n) is 2.75. The van der Waals surface area contributed by atoms with Crippen LogP contribution in [-0.2, 0) is 19.0 Å². The van der Waals surface area contributed by atoms with Gasteiger partial charge >= 0.3 is 13.1 Å². The van der Waals surface area contributed by atoms with Gasteiger partial charge in [0, 0.05) is 12.5 Å². The number of methoxy groups -OCH3 is 1. The van der Waals surface area contributed by atoms with E-state index in [0.29, 0.717) is 12.8 Å². The van der Waals surface area contributed by atoms with Gasteiger partial charge in [0.2, 0.25) is 5.91 Å². The van der Waals surface area contributed by atoms with E-state index in [-0.39, 0.29) is 24.3 Å². The molecule has 1 heterocycles. The smallest absolute Gasteiger partial charge is 0.469 e. The molecule has 4 N–H and O–H groups in total. The first-order chi connectivity index (χ1) is 10.9. The van der Waals surface area contributed by atoms with E-state index in [2.05, 4.69) is 17.0 Å². The minimum Gasteiger partial charge on any atom is -0.469 e. The van der Waals surface area contributed by atoms with Gasteiger partial charge in [0.15, 0.2) is 0 Å². The van der Waals surface area contributed by atoms with Gasteiger partial charge in [-0.3, -0.25) is 9.59 Å². The highest BCUT2D eigenvalue weighted by molar-refractivity contribution is 6.45. The van der Waals surface area contributed by atoms with Gasteiger partial charge in [-0.1, -0.05) is 19.8 Å². The maximum absolute atomic E-state index is 12.0. The van der Waals surface area contributed by atoms with Crippen molar-refractivity contribution in [2.24, 2.45) is 11.7 Å². The molecular formula is C15H29BN2O5. The lowest BCUT2D eigenvalue weighted by Crippen LogP contribution is -2.54. The average molecular weight is 328 g/mol. The van der Waals surface area contributed by atoms with Crippen molar-refractivity contribution in [3.05, 3.63) is 0 Å². The van der Waals surface area contributed by atoms with Crippen LogP contribution < -0.4 is 11.1 Å². The van der Waals surface area contributed by atoms with E-state index in [1.807, 2.05) is 0 Å². The summed E-state index contributed by atoms with van der Waals surface area (Å²) < 4.78 is 10.1. The normalized spacial score (nSPS) is 24.0. The summed E-state index contributed by atoms with van der Waals surface area (Å²) in [6.07, 6.45) is 3.80. The van der Waals surface area contributed by atoms with Crippen LogP contribution in [0.4, 0.5) is 0 Å². The molecule has 0 radical (unpaired) electrons. The molecule has 0 aromatic heterocycles. The molecule has 1 saturated heterocycles. The summed E-state index contributed by atoms with van der Waals surface area (Å²) in [4.78, 5) is 23.5. The number of unbranched alkanes of at least 4 members (excludes halogenated alkanes) is 1. The summed E-state index contributed by atoms with van der Waals surface area (Å²) in [6.45, 7) is 3.78. The van der Waals surface area contributed by atoms with E-state index in [1.165, 1.54) is 7.11 Å². The molecule has 1 aliphatic heterocycles. The number of nitrogens with one attached hydrogen (secondary N) is 1. The van der Waals surface area contributed by atoms with Crippen molar-refractivity contribution in [2.75, 3.05) is 7.11 Å². The number of amides is 1. The largest absolute Gasteiger partial charge is 0.478 e. The molecule has 1 rings (SSSR count). The second-order valence-corrected chi connectivity index (χ2v) is 6.23. The minimum atomic E-state index is -1.13. The topological polar surface area (TPSA) is 111 Å². The molecule has 1 amide bonds. The zero-order valence-corrected chi connectivity index (χ0v) is 14.3. The van der Waals surface area contributed by atoms with Gasteiger partial charge < -0.3 is 25.5 Å². The van der Waals surface area contributed by atoms with Crippen LogP contribution in [0, 0.1) is 5.92 Å². The first kappa shape index (κ1) is 19.9. The molecule has 8 heteroatoms. The third-order valence-electron chi connectivity index (χ3n) is 4.27. The summed E-state index contributed by atoms with van der Waals surface area (Å²) >= 11 is 0. The molecule has 0 aliphatic carbocycles. The van der Waals surface area contributed by atoms with Crippen molar-refractivity contribution < 1.29 is 24.0 Å². The highest BCUT2D eigenvalue weighted by Gasteiger charge is 2.39. The van der Waals surface area contributed by atoms with Crippen LogP contribution in [0.15, 0.2) is 0 Å². The number of nitrogens with two attached hydrogens (primary N) is 1. The summed E-state index contributed by atoms with van der Waals surface area (Å²) in [5.74, 6) is -1.47. The van der Waals surface area contributed by atoms with Crippen LogP contribution in [0.1, 0.15) is 52.4 Å². The number of hydrogen-bond donors (Lipinski definition) is 3. The Hall–Kier alpha value is -1.12. The number of rotatable bonds is 8. The lowest BCUT2D eigenvalue weighted by Gasteiger charge is -2.33.